The van der Waals surface area contributed by atoms with Crippen LogP contribution in [0.5, 0.6) is 0 Å². The molecule has 0 aromatic carbocycles. The molecule has 1 heterocycles. The van der Waals surface area contributed by atoms with Crippen molar-refractivity contribution in [2.75, 3.05) is 13.2 Å². The topological polar surface area (TPSA) is 41.6 Å². The van der Waals surface area contributed by atoms with Crippen LogP contribution in [0.4, 0.5) is 4.79 Å². The van der Waals surface area contributed by atoms with Gasteiger partial charge in [-0.3, -0.25) is 0 Å². The second-order valence-corrected chi connectivity index (χ2v) is 2.60. The number of hydrazine groups is 1. The second-order valence-electron chi connectivity index (χ2n) is 2.60. The molecule has 0 saturated heterocycles. The van der Waals surface area contributed by atoms with Gasteiger partial charge in [-0.15, -0.1) is 0 Å². The fourth-order valence-corrected chi connectivity index (χ4v) is 1.07. The third-order valence-electron chi connectivity index (χ3n) is 1.67. The molecule has 1 atom stereocenters. The van der Waals surface area contributed by atoms with E-state index in [1.165, 1.54) is 5.01 Å². The molecule has 1 aliphatic heterocycles. The molecule has 1 N–H and O–H groups in total. The number of hydrogen-bond acceptors (Lipinski definition) is 3. The quantitative estimate of drug-likeness (QED) is 0.595. The van der Waals surface area contributed by atoms with E-state index in [2.05, 4.69) is 5.43 Å². The zero-order valence-electron chi connectivity index (χ0n) is 7.41. The van der Waals surface area contributed by atoms with Crippen molar-refractivity contribution < 1.29 is 9.53 Å². The second kappa shape index (κ2) is 4.11. The summed E-state index contributed by atoms with van der Waals surface area (Å²) < 4.78 is 4.84. The Bertz CT molecular complexity index is 191. The third kappa shape index (κ3) is 1.98. The third-order valence-corrected chi connectivity index (χ3v) is 1.67. The summed E-state index contributed by atoms with van der Waals surface area (Å²) in [6.45, 7) is 4.82. The number of hydrogen-bond donors (Lipinski definition) is 1. The van der Waals surface area contributed by atoms with Gasteiger partial charge in [-0.2, -0.15) is 0 Å². The molecule has 0 aromatic heterocycles. The average Bonchev–Trinajstić information content (AvgIpc) is 2.05. The van der Waals surface area contributed by atoms with Gasteiger partial charge in [-0.25, -0.2) is 15.2 Å². The van der Waals surface area contributed by atoms with Crippen molar-refractivity contribution in [3.05, 3.63) is 12.2 Å². The van der Waals surface area contributed by atoms with Crippen LogP contribution in [0.1, 0.15) is 13.8 Å². The van der Waals surface area contributed by atoms with E-state index in [0.717, 1.165) is 0 Å². The first kappa shape index (κ1) is 9.06. The molecule has 0 bridgehead atoms. The lowest BCUT2D eigenvalue weighted by molar-refractivity contribution is 0.0768. The summed E-state index contributed by atoms with van der Waals surface area (Å²) in [5, 5.41) is 1.49. The van der Waals surface area contributed by atoms with Crippen LogP contribution in [0, 0.1) is 0 Å². The number of carbonyl (C=O) groups excluding carboxylic acids is 1. The van der Waals surface area contributed by atoms with Crippen LogP contribution in [-0.4, -0.2) is 30.3 Å². The van der Waals surface area contributed by atoms with E-state index in [4.69, 9.17) is 4.74 Å². The van der Waals surface area contributed by atoms with Crippen LogP contribution in [0.3, 0.4) is 0 Å². The molecule has 0 unspecified atom stereocenters. The molecule has 1 aliphatic rings. The molecule has 1 rings (SSSR count). The van der Waals surface area contributed by atoms with E-state index in [1.54, 1.807) is 6.92 Å². The molecule has 12 heavy (non-hydrogen) atoms. The fraction of sp³-hybridized carbons (Fsp3) is 0.625. The number of nitrogens with one attached hydrogen (secondary N) is 1. The summed E-state index contributed by atoms with van der Waals surface area (Å²) in [5.41, 5.74) is 2.93. The van der Waals surface area contributed by atoms with Crippen molar-refractivity contribution in [2.24, 2.45) is 0 Å². The van der Waals surface area contributed by atoms with E-state index in [9.17, 15) is 4.79 Å². The summed E-state index contributed by atoms with van der Waals surface area (Å²) >= 11 is 0. The van der Waals surface area contributed by atoms with Crippen molar-refractivity contribution in [3.63, 3.8) is 0 Å². The molecule has 1 amide bonds. The van der Waals surface area contributed by atoms with Crippen LogP contribution in [0.25, 0.3) is 0 Å². The van der Waals surface area contributed by atoms with E-state index >= 15 is 0 Å². The molecule has 0 saturated carbocycles. The van der Waals surface area contributed by atoms with Crippen LogP contribution in [0.15, 0.2) is 12.2 Å². The van der Waals surface area contributed by atoms with Gasteiger partial charge in [0.05, 0.1) is 12.6 Å². The monoisotopic (exact) mass is 170 g/mol. The molecular formula is C8H14N2O2. The summed E-state index contributed by atoms with van der Waals surface area (Å²) in [6, 6.07) is 0.0674. The highest BCUT2D eigenvalue weighted by molar-refractivity contribution is 5.67. The van der Waals surface area contributed by atoms with Gasteiger partial charge in [0.2, 0.25) is 0 Å². The first-order chi connectivity index (χ1) is 5.75. The normalized spacial score (nSPS) is 22.5. The van der Waals surface area contributed by atoms with Crippen molar-refractivity contribution >= 4 is 6.09 Å². The van der Waals surface area contributed by atoms with Crippen LogP contribution in [-0.2, 0) is 4.74 Å². The highest BCUT2D eigenvalue weighted by Gasteiger charge is 2.20. The highest BCUT2D eigenvalue weighted by Crippen LogP contribution is 2.03. The Morgan fingerprint density at radius 3 is 3.17 bits per heavy atom. The minimum absolute atomic E-state index is 0.0674. The number of nitrogens with zero attached hydrogens (tertiary/aromatic N) is 1. The van der Waals surface area contributed by atoms with E-state index in [1.807, 2.05) is 19.1 Å². The summed E-state index contributed by atoms with van der Waals surface area (Å²) in [6.07, 6.45) is 3.64. The lowest BCUT2D eigenvalue weighted by Gasteiger charge is -2.29. The van der Waals surface area contributed by atoms with Crippen molar-refractivity contribution in [1.82, 2.24) is 10.4 Å². The van der Waals surface area contributed by atoms with Crippen molar-refractivity contribution in [2.45, 2.75) is 19.9 Å². The van der Waals surface area contributed by atoms with Gasteiger partial charge in [0, 0.05) is 6.54 Å². The van der Waals surface area contributed by atoms with Gasteiger partial charge >= 0.3 is 6.09 Å². The number of carbonyl (C=O) groups is 1. The molecular weight excluding hydrogens is 156 g/mol. The standard InChI is InChI=1S/C8H14N2O2/c1-3-12-8(11)10-7(2)5-4-6-9-10/h4-5,7,9H,3,6H2,1-2H3/t7-/m0/s1. The fourth-order valence-electron chi connectivity index (χ4n) is 1.07. The van der Waals surface area contributed by atoms with Gasteiger partial charge in [-0.1, -0.05) is 12.2 Å². The maximum absolute atomic E-state index is 11.2. The SMILES string of the molecule is CCOC(=O)N1NCC=C[C@@H]1C. The van der Waals surface area contributed by atoms with E-state index < -0.39 is 0 Å². The number of ether oxygens (including phenoxy) is 1. The smallest absolute Gasteiger partial charge is 0.424 e. The van der Waals surface area contributed by atoms with Crippen LogP contribution < -0.4 is 5.43 Å². The molecule has 4 nitrogen and oxygen atoms in total. The Balaban J connectivity index is 2.50. The first-order valence-electron chi connectivity index (χ1n) is 4.12. The maximum atomic E-state index is 11.2. The van der Waals surface area contributed by atoms with Gasteiger partial charge in [0.15, 0.2) is 0 Å². The molecule has 0 aliphatic carbocycles. The molecule has 0 spiro atoms. The lowest BCUT2D eigenvalue weighted by atomic mass is 10.2. The minimum Gasteiger partial charge on any atom is -0.449 e. The van der Waals surface area contributed by atoms with E-state index in [0.29, 0.717) is 13.2 Å². The van der Waals surface area contributed by atoms with Gasteiger partial charge in [0.1, 0.15) is 0 Å². The Morgan fingerprint density at radius 2 is 2.58 bits per heavy atom. The Labute approximate surface area is 72.2 Å². The highest BCUT2D eigenvalue weighted by atomic mass is 16.6. The summed E-state index contributed by atoms with van der Waals surface area (Å²) in [5.74, 6) is 0. The molecule has 68 valence electrons. The molecule has 4 heteroatoms. The first-order valence-corrected chi connectivity index (χ1v) is 4.12. The van der Waals surface area contributed by atoms with Crippen LogP contribution >= 0.6 is 0 Å². The number of rotatable bonds is 1. The number of amides is 1. The zero-order valence-corrected chi connectivity index (χ0v) is 7.41. The maximum Gasteiger partial charge on any atom is 0.424 e. The van der Waals surface area contributed by atoms with Gasteiger partial charge in [0.25, 0.3) is 0 Å². The molecule has 0 fully saturated rings. The van der Waals surface area contributed by atoms with Crippen LogP contribution in [0.2, 0.25) is 0 Å². The van der Waals surface area contributed by atoms with Crippen molar-refractivity contribution in [1.29, 1.82) is 0 Å². The summed E-state index contributed by atoms with van der Waals surface area (Å²) in [4.78, 5) is 11.2. The minimum atomic E-state index is -0.311. The molecule has 0 radical (unpaired) electrons. The van der Waals surface area contributed by atoms with Gasteiger partial charge in [-0.05, 0) is 13.8 Å². The Hall–Kier alpha value is -1.03. The van der Waals surface area contributed by atoms with Crippen molar-refractivity contribution in [3.8, 4) is 0 Å². The Morgan fingerprint density at radius 1 is 1.83 bits per heavy atom. The summed E-state index contributed by atoms with van der Waals surface area (Å²) in [7, 11) is 0. The average molecular weight is 170 g/mol. The lowest BCUT2D eigenvalue weighted by Crippen LogP contribution is -2.50. The largest absolute Gasteiger partial charge is 0.449 e. The Kier molecular flexibility index (Phi) is 3.10. The van der Waals surface area contributed by atoms with Gasteiger partial charge < -0.3 is 4.74 Å². The predicted octanol–water partition coefficient (Wildman–Crippen LogP) is 0.908. The predicted molar refractivity (Wildman–Crippen MR) is 45.5 cm³/mol. The van der Waals surface area contributed by atoms with E-state index in [-0.39, 0.29) is 12.1 Å². The molecule has 0 aromatic rings. The zero-order chi connectivity index (χ0) is 8.97.